The fourth-order valence-corrected chi connectivity index (χ4v) is 0.832. The molecule has 0 bridgehead atoms. The van der Waals surface area contributed by atoms with Crippen LogP contribution in [0, 0.1) is 0 Å². The van der Waals surface area contributed by atoms with E-state index in [4.69, 9.17) is 10.5 Å². The van der Waals surface area contributed by atoms with Crippen LogP contribution >= 0.6 is 0 Å². The predicted molar refractivity (Wildman–Crippen MR) is 52.5 cm³/mol. The minimum atomic E-state index is -0.639. The molecule has 14 heavy (non-hydrogen) atoms. The lowest BCUT2D eigenvalue weighted by molar-refractivity contribution is -0.147. The van der Waals surface area contributed by atoms with Crippen molar-refractivity contribution in [3.05, 3.63) is 0 Å². The average molecular weight is 202 g/mol. The molecule has 0 saturated carbocycles. The molecule has 0 aromatic carbocycles. The second-order valence-electron chi connectivity index (χ2n) is 3.00. The van der Waals surface area contributed by atoms with Gasteiger partial charge in [0.25, 0.3) is 0 Å². The number of rotatable bonds is 5. The number of hydrogen-bond donors (Lipinski definition) is 2. The Hall–Kier alpha value is -1.10. The Morgan fingerprint density at radius 1 is 1.43 bits per heavy atom. The number of amides is 1. The second kappa shape index (κ2) is 6.37. The fraction of sp³-hybridized carbons (Fsp3) is 0.778. The Balaban J connectivity index is 3.99. The van der Waals surface area contributed by atoms with Crippen LogP contribution in [0.25, 0.3) is 0 Å². The highest BCUT2D eigenvalue weighted by atomic mass is 16.5. The van der Waals surface area contributed by atoms with Crippen molar-refractivity contribution in [3.63, 3.8) is 0 Å². The van der Waals surface area contributed by atoms with E-state index < -0.39 is 18.1 Å². The molecule has 1 unspecified atom stereocenters. The maximum absolute atomic E-state index is 11.2. The van der Waals surface area contributed by atoms with Gasteiger partial charge in [0.1, 0.15) is 6.04 Å². The number of ether oxygens (including phenoxy) is 1. The van der Waals surface area contributed by atoms with E-state index in [1.165, 1.54) is 0 Å². The Labute approximate surface area is 84.0 Å². The fourth-order valence-electron chi connectivity index (χ4n) is 0.832. The van der Waals surface area contributed by atoms with Crippen LogP contribution in [0.15, 0.2) is 0 Å². The Bertz CT molecular complexity index is 206. The van der Waals surface area contributed by atoms with Gasteiger partial charge in [-0.25, -0.2) is 4.79 Å². The van der Waals surface area contributed by atoms with Gasteiger partial charge in [0.05, 0.1) is 12.6 Å². The summed E-state index contributed by atoms with van der Waals surface area (Å²) < 4.78 is 4.72. The largest absolute Gasteiger partial charge is 0.464 e. The van der Waals surface area contributed by atoms with E-state index in [-0.39, 0.29) is 5.91 Å². The quantitative estimate of drug-likeness (QED) is 0.604. The molecule has 0 spiro atoms. The van der Waals surface area contributed by atoms with Crippen molar-refractivity contribution < 1.29 is 14.3 Å². The average Bonchev–Trinajstić information content (AvgIpc) is 2.16. The van der Waals surface area contributed by atoms with E-state index in [1.807, 2.05) is 0 Å². The molecule has 0 heterocycles. The summed E-state index contributed by atoms with van der Waals surface area (Å²) in [5, 5.41) is 2.48. The van der Waals surface area contributed by atoms with E-state index in [2.05, 4.69) is 5.32 Å². The van der Waals surface area contributed by atoms with Crippen molar-refractivity contribution in [3.8, 4) is 0 Å². The van der Waals surface area contributed by atoms with Crippen molar-refractivity contribution in [1.29, 1.82) is 0 Å². The van der Waals surface area contributed by atoms with Gasteiger partial charge in [-0.05, 0) is 20.3 Å². The normalized spacial score (nSPS) is 14.3. The zero-order chi connectivity index (χ0) is 11.1. The molecule has 0 aliphatic carbocycles. The third-order valence-corrected chi connectivity index (χ3v) is 1.78. The Kier molecular flexibility index (Phi) is 5.87. The molecule has 0 aromatic rings. The summed E-state index contributed by atoms with van der Waals surface area (Å²) in [6.45, 7) is 5.39. The highest BCUT2D eigenvalue weighted by molar-refractivity contribution is 5.87. The van der Waals surface area contributed by atoms with Crippen molar-refractivity contribution >= 4 is 11.9 Å². The lowest BCUT2D eigenvalue weighted by atomic mass is 10.2. The maximum atomic E-state index is 11.2. The molecule has 3 N–H and O–H groups in total. The molecule has 2 atom stereocenters. The minimum Gasteiger partial charge on any atom is -0.464 e. The number of nitrogens with two attached hydrogens (primary N) is 1. The SMILES string of the molecule is CCOC(=O)C(C)NC(=O)[C@H](N)CC. The van der Waals surface area contributed by atoms with E-state index in [1.54, 1.807) is 20.8 Å². The van der Waals surface area contributed by atoms with E-state index in [0.29, 0.717) is 13.0 Å². The van der Waals surface area contributed by atoms with E-state index in [0.717, 1.165) is 0 Å². The number of hydrogen-bond acceptors (Lipinski definition) is 4. The van der Waals surface area contributed by atoms with Crippen molar-refractivity contribution in [1.82, 2.24) is 5.32 Å². The summed E-state index contributed by atoms with van der Waals surface area (Å²) in [4.78, 5) is 22.4. The van der Waals surface area contributed by atoms with Gasteiger partial charge in [-0.15, -0.1) is 0 Å². The molecule has 5 nitrogen and oxygen atoms in total. The van der Waals surface area contributed by atoms with Crippen molar-refractivity contribution in [2.24, 2.45) is 5.73 Å². The molecule has 0 rings (SSSR count). The summed E-state index contributed by atoms with van der Waals surface area (Å²) >= 11 is 0. The van der Waals surface area contributed by atoms with Crippen LogP contribution < -0.4 is 11.1 Å². The second-order valence-corrected chi connectivity index (χ2v) is 3.00. The highest BCUT2D eigenvalue weighted by Crippen LogP contribution is 1.91. The number of nitrogens with one attached hydrogen (secondary N) is 1. The van der Waals surface area contributed by atoms with Gasteiger partial charge >= 0.3 is 5.97 Å². The summed E-state index contributed by atoms with van der Waals surface area (Å²) in [6.07, 6.45) is 0.543. The predicted octanol–water partition coefficient (Wildman–Crippen LogP) is -0.208. The summed E-state index contributed by atoms with van der Waals surface area (Å²) in [7, 11) is 0. The molecule has 5 heteroatoms. The van der Waals surface area contributed by atoms with Crippen LogP contribution in [-0.2, 0) is 14.3 Å². The smallest absolute Gasteiger partial charge is 0.328 e. The third kappa shape index (κ3) is 4.23. The molecule has 0 radical (unpaired) electrons. The Morgan fingerprint density at radius 3 is 2.43 bits per heavy atom. The monoisotopic (exact) mass is 202 g/mol. The maximum Gasteiger partial charge on any atom is 0.328 e. The molecule has 0 aliphatic rings. The van der Waals surface area contributed by atoms with Gasteiger partial charge in [-0.1, -0.05) is 6.92 Å². The molecule has 0 aliphatic heterocycles. The van der Waals surface area contributed by atoms with Crippen LogP contribution in [0.4, 0.5) is 0 Å². The molecular formula is C9H18N2O3. The summed E-state index contributed by atoms with van der Waals surface area (Å²) in [5.74, 6) is -0.766. The number of esters is 1. The summed E-state index contributed by atoms with van der Waals surface area (Å²) in [5.41, 5.74) is 5.47. The zero-order valence-corrected chi connectivity index (χ0v) is 8.87. The lowest BCUT2D eigenvalue weighted by Crippen LogP contribution is -2.47. The third-order valence-electron chi connectivity index (χ3n) is 1.78. The minimum absolute atomic E-state index is 0.304. The first-order valence-electron chi connectivity index (χ1n) is 4.75. The van der Waals surface area contributed by atoms with Gasteiger partial charge in [-0.2, -0.15) is 0 Å². The zero-order valence-electron chi connectivity index (χ0n) is 8.87. The number of carbonyl (C=O) groups is 2. The van der Waals surface area contributed by atoms with Crippen LogP contribution in [0.2, 0.25) is 0 Å². The van der Waals surface area contributed by atoms with Gasteiger partial charge in [0.2, 0.25) is 5.91 Å². The Morgan fingerprint density at radius 2 is 2.00 bits per heavy atom. The number of carbonyl (C=O) groups excluding carboxylic acids is 2. The first-order valence-corrected chi connectivity index (χ1v) is 4.75. The van der Waals surface area contributed by atoms with Crippen LogP contribution in [0.1, 0.15) is 27.2 Å². The lowest BCUT2D eigenvalue weighted by Gasteiger charge is -2.15. The van der Waals surface area contributed by atoms with Crippen LogP contribution in [0.5, 0.6) is 0 Å². The summed E-state index contributed by atoms with van der Waals surface area (Å²) in [6, 6.07) is -1.20. The first kappa shape index (κ1) is 12.9. The molecule has 1 amide bonds. The molecule has 82 valence electrons. The first-order chi connectivity index (χ1) is 6.52. The molecule has 0 fully saturated rings. The topological polar surface area (TPSA) is 81.4 Å². The molecule has 0 saturated heterocycles. The highest BCUT2D eigenvalue weighted by Gasteiger charge is 2.19. The van der Waals surface area contributed by atoms with Gasteiger partial charge in [0, 0.05) is 0 Å². The van der Waals surface area contributed by atoms with Crippen LogP contribution in [-0.4, -0.2) is 30.6 Å². The molecular weight excluding hydrogens is 184 g/mol. The van der Waals surface area contributed by atoms with Crippen molar-refractivity contribution in [2.45, 2.75) is 39.3 Å². The van der Waals surface area contributed by atoms with Crippen molar-refractivity contribution in [2.75, 3.05) is 6.61 Å². The molecule has 0 aromatic heterocycles. The van der Waals surface area contributed by atoms with E-state index >= 15 is 0 Å². The van der Waals surface area contributed by atoms with E-state index in [9.17, 15) is 9.59 Å². The van der Waals surface area contributed by atoms with Crippen LogP contribution in [0.3, 0.4) is 0 Å². The van der Waals surface area contributed by atoms with Gasteiger partial charge in [0.15, 0.2) is 0 Å². The van der Waals surface area contributed by atoms with Gasteiger partial charge in [-0.3, -0.25) is 4.79 Å². The standard InChI is InChI=1S/C9H18N2O3/c1-4-7(10)8(12)11-6(3)9(13)14-5-2/h6-7H,4-5,10H2,1-3H3,(H,11,12)/t6?,7-/m1/s1. The van der Waals surface area contributed by atoms with Gasteiger partial charge < -0.3 is 15.8 Å².